The normalized spacial score (nSPS) is 11.1. The van der Waals surface area contributed by atoms with E-state index in [0.717, 1.165) is 42.3 Å². The molecule has 0 aliphatic rings. The Bertz CT molecular complexity index is 1090. The van der Waals surface area contributed by atoms with Gasteiger partial charge < -0.3 is 14.2 Å². The summed E-state index contributed by atoms with van der Waals surface area (Å²) in [6.07, 6.45) is 0. The predicted octanol–water partition coefficient (Wildman–Crippen LogP) is 3.52. The van der Waals surface area contributed by atoms with Gasteiger partial charge in [0.05, 0.1) is 25.4 Å². The van der Waals surface area contributed by atoms with E-state index >= 15 is 0 Å². The fourth-order valence-electron chi connectivity index (χ4n) is 3.25. The summed E-state index contributed by atoms with van der Waals surface area (Å²) in [5.74, 6) is 1.63. The molecule has 0 aliphatic carbocycles. The molecule has 0 amide bonds. The quantitative estimate of drug-likeness (QED) is 0.478. The largest absolute Gasteiger partial charge is 0.497 e. The summed E-state index contributed by atoms with van der Waals surface area (Å²) in [5, 5.41) is 13.8. The van der Waals surface area contributed by atoms with Crippen molar-refractivity contribution < 1.29 is 4.74 Å². The lowest BCUT2D eigenvalue weighted by molar-refractivity contribution is 0.178. The smallest absolute Gasteiger partial charge is 0.199 e. The maximum Gasteiger partial charge on any atom is 0.199 e. The maximum atomic E-state index is 9.03. The van der Waals surface area contributed by atoms with E-state index in [4.69, 9.17) is 27.3 Å². The number of benzene rings is 2. The van der Waals surface area contributed by atoms with Crippen LogP contribution in [0.3, 0.4) is 0 Å². The van der Waals surface area contributed by atoms with Crippen molar-refractivity contribution in [2.75, 3.05) is 34.3 Å². The lowest BCUT2D eigenvalue weighted by Crippen LogP contribution is -2.33. The van der Waals surface area contributed by atoms with Crippen molar-refractivity contribution in [2.24, 2.45) is 7.05 Å². The molecule has 0 spiro atoms. The van der Waals surface area contributed by atoms with Gasteiger partial charge in [-0.05, 0) is 68.3 Å². The third kappa shape index (κ3) is 5.79. The number of likely N-dealkylation sites (N-methyl/N-ethyl adjacent to an activating group) is 1. The minimum atomic E-state index is 0.580. The molecule has 0 aliphatic heterocycles. The molecule has 0 bridgehead atoms. The summed E-state index contributed by atoms with van der Waals surface area (Å²) in [4.78, 5) is 4.47. The highest BCUT2D eigenvalue weighted by Crippen LogP contribution is 2.21. The lowest BCUT2D eigenvalue weighted by Gasteiger charge is -2.24. The number of hydrogen-bond acceptors (Lipinski definition) is 6. The second-order valence-corrected chi connectivity index (χ2v) is 8.06. The van der Waals surface area contributed by atoms with Crippen LogP contribution in [0.25, 0.3) is 11.4 Å². The molecule has 3 rings (SSSR count). The first-order valence-corrected chi connectivity index (χ1v) is 10.5. The summed E-state index contributed by atoms with van der Waals surface area (Å²) in [5.41, 5.74) is 2.80. The van der Waals surface area contributed by atoms with E-state index in [-0.39, 0.29) is 0 Å². The minimum absolute atomic E-state index is 0.580. The van der Waals surface area contributed by atoms with E-state index in [1.807, 2.05) is 64.8 Å². The molecule has 8 heteroatoms. The molecule has 0 unspecified atom stereocenters. The van der Waals surface area contributed by atoms with Crippen LogP contribution in [0.5, 0.6) is 5.75 Å². The number of rotatable bonds is 9. The summed E-state index contributed by atoms with van der Waals surface area (Å²) in [7, 11) is 7.72. The Hall–Kier alpha value is -2.99. The van der Waals surface area contributed by atoms with Gasteiger partial charge in [-0.25, -0.2) is 4.68 Å². The molecule has 3 aromatic rings. The van der Waals surface area contributed by atoms with Crippen LogP contribution in [0.1, 0.15) is 11.1 Å². The summed E-state index contributed by atoms with van der Waals surface area (Å²) in [6.45, 7) is 3.11. The van der Waals surface area contributed by atoms with Gasteiger partial charge in [0, 0.05) is 32.2 Å². The minimum Gasteiger partial charge on any atom is -0.497 e. The first-order chi connectivity index (χ1) is 14.9. The topological polar surface area (TPSA) is 62.2 Å². The van der Waals surface area contributed by atoms with Crippen molar-refractivity contribution >= 4 is 12.2 Å². The molecule has 7 nitrogen and oxygen atoms in total. The predicted molar refractivity (Wildman–Crippen MR) is 124 cm³/mol. The van der Waals surface area contributed by atoms with Gasteiger partial charge in [0.1, 0.15) is 5.75 Å². The number of aromatic nitrogens is 3. The summed E-state index contributed by atoms with van der Waals surface area (Å²) >= 11 is 5.68. The fraction of sp³-hybridized carbons (Fsp3) is 0.348. The first-order valence-electron chi connectivity index (χ1n) is 10.1. The molecule has 2 aromatic carbocycles. The zero-order valence-electron chi connectivity index (χ0n) is 18.4. The van der Waals surface area contributed by atoms with Crippen LogP contribution >= 0.6 is 12.2 Å². The molecule has 0 atom stereocenters. The van der Waals surface area contributed by atoms with E-state index in [1.54, 1.807) is 7.11 Å². The maximum absolute atomic E-state index is 9.03. The van der Waals surface area contributed by atoms with Crippen LogP contribution in [0.2, 0.25) is 0 Å². The van der Waals surface area contributed by atoms with Crippen LogP contribution in [-0.4, -0.2) is 58.4 Å². The van der Waals surface area contributed by atoms with Crippen molar-refractivity contribution in [2.45, 2.75) is 13.2 Å². The average molecular weight is 437 g/mol. The van der Waals surface area contributed by atoms with Crippen molar-refractivity contribution in [3.63, 3.8) is 0 Å². The SMILES string of the molecule is COc1ccc(-c2nn(CN(CCN(C)C)Cc3ccc(C#N)cc3)c(=S)n2C)cc1. The molecule has 0 N–H and O–H groups in total. The Balaban J connectivity index is 1.83. The zero-order chi connectivity index (χ0) is 22.4. The summed E-state index contributed by atoms with van der Waals surface area (Å²) < 4.78 is 9.72. The Labute approximate surface area is 188 Å². The Morgan fingerprint density at radius 3 is 2.32 bits per heavy atom. The standard InChI is InChI=1S/C23H28N6OS/c1-26(2)13-14-28(16-19-7-5-18(15-24)6-8-19)17-29-23(31)27(3)22(25-29)20-9-11-21(30-4)12-10-20/h5-12H,13-14,16-17H2,1-4H3. The molecule has 0 saturated heterocycles. The Kier molecular flexibility index (Phi) is 7.58. The van der Waals surface area contributed by atoms with Crippen LogP contribution < -0.4 is 4.74 Å². The summed E-state index contributed by atoms with van der Waals surface area (Å²) in [6, 6.07) is 17.7. The van der Waals surface area contributed by atoms with E-state index in [1.165, 1.54) is 0 Å². The van der Waals surface area contributed by atoms with Crippen LogP contribution in [0.4, 0.5) is 0 Å². The molecular formula is C23H28N6OS. The monoisotopic (exact) mass is 436 g/mol. The Morgan fingerprint density at radius 1 is 1.06 bits per heavy atom. The van der Waals surface area contributed by atoms with Gasteiger partial charge in [0.2, 0.25) is 0 Å². The van der Waals surface area contributed by atoms with Gasteiger partial charge in [-0.3, -0.25) is 4.90 Å². The van der Waals surface area contributed by atoms with E-state index < -0.39 is 0 Å². The number of methoxy groups -OCH3 is 1. The van der Waals surface area contributed by atoms with Gasteiger partial charge in [0.25, 0.3) is 0 Å². The number of nitriles is 1. The zero-order valence-corrected chi connectivity index (χ0v) is 19.3. The molecule has 0 radical (unpaired) electrons. The van der Waals surface area contributed by atoms with Gasteiger partial charge in [-0.2, -0.15) is 10.4 Å². The lowest BCUT2D eigenvalue weighted by atomic mass is 10.1. The van der Waals surface area contributed by atoms with Gasteiger partial charge in [0.15, 0.2) is 10.6 Å². The highest BCUT2D eigenvalue weighted by Gasteiger charge is 2.14. The number of hydrogen-bond donors (Lipinski definition) is 0. The molecule has 162 valence electrons. The van der Waals surface area contributed by atoms with E-state index in [2.05, 4.69) is 30.0 Å². The third-order valence-electron chi connectivity index (χ3n) is 5.08. The number of ether oxygens (including phenoxy) is 1. The highest BCUT2D eigenvalue weighted by molar-refractivity contribution is 7.71. The van der Waals surface area contributed by atoms with Gasteiger partial charge >= 0.3 is 0 Å². The average Bonchev–Trinajstić information content (AvgIpc) is 3.06. The van der Waals surface area contributed by atoms with Crippen molar-refractivity contribution in [3.05, 3.63) is 64.4 Å². The first kappa shape index (κ1) is 22.7. The van der Waals surface area contributed by atoms with Gasteiger partial charge in [-0.15, -0.1) is 0 Å². The number of nitrogens with zero attached hydrogens (tertiary/aromatic N) is 6. The van der Waals surface area contributed by atoms with Crippen molar-refractivity contribution in [1.29, 1.82) is 5.26 Å². The van der Waals surface area contributed by atoms with Crippen molar-refractivity contribution in [3.8, 4) is 23.2 Å². The molecule has 31 heavy (non-hydrogen) atoms. The van der Waals surface area contributed by atoms with E-state index in [0.29, 0.717) is 17.0 Å². The fourth-order valence-corrected chi connectivity index (χ4v) is 3.43. The molecular weight excluding hydrogens is 408 g/mol. The van der Waals surface area contributed by atoms with Crippen LogP contribution in [0.15, 0.2) is 48.5 Å². The van der Waals surface area contributed by atoms with Crippen LogP contribution in [0, 0.1) is 16.1 Å². The molecule has 0 saturated carbocycles. The van der Waals surface area contributed by atoms with Crippen molar-refractivity contribution in [1.82, 2.24) is 24.1 Å². The van der Waals surface area contributed by atoms with Crippen LogP contribution in [-0.2, 0) is 20.3 Å². The molecule has 0 fully saturated rings. The third-order valence-corrected chi connectivity index (χ3v) is 5.56. The second-order valence-electron chi connectivity index (χ2n) is 7.70. The van der Waals surface area contributed by atoms with E-state index in [9.17, 15) is 0 Å². The highest BCUT2D eigenvalue weighted by atomic mass is 32.1. The molecule has 1 heterocycles. The second kappa shape index (κ2) is 10.4. The van der Waals surface area contributed by atoms with Gasteiger partial charge in [-0.1, -0.05) is 12.1 Å². The molecule has 1 aromatic heterocycles. The Morgan fingerprint density at radius 2 is 1.74 bits per heavy atom.